The van der Waals surface area contributed by atoms with E-state index >= 15 is 0 Å². The Balaban J connectivity index is 1.51. The van der Waals surface area contributed by atoms with Crippen molar-refractivity contribution in [1.29, 1.82) is 0 Å². The summed E-state index contributed by atoms with van der Waals surface area (Å²) in [4.78, 5) is 26.5. The first kappa shape index (κ1) is 18.8. The van der Waals surface area contributed by atoms with E-state index in [4.69, 9.17) is 15.2 Å². The quantitative estimate of drug-likeness (QED) is 0.757. The lowest BCUT2D eigenvalue weighted by atomic mass is 10.2. The molecule has 0 aliphatic carbocycles. The van der Waals surface area contributed by atoms with Crippen LogP contribution < -0.4 is 11.1 Å². The van der Waals surface area contributed by atoms with E-state index in [1.165, 1.54) is 10.9 Å². The van der Waals surface area contributed by atoms with Gasteiger partial charge in [-0.05, 0) is 26.7 Å². The number of hydrogen-bond acceptors (Lipinski definition) is 6. The number of aromatic nitrogens is 2. The van der Waals surface area contributed by atoms with Gasteiger partial charge in [-0.3, -0.25) is 14.3 Å². The summed E-state index contributed by atoms with van der Waals surface area (Å²) in [6, 6.07) is 0. The van der Waals surface area contributed by atoms with Gasteiger partial charge < -0.3 is 25.4 Å². The van der Waals surface area contributed by atoms with Crippen molar-refractivity contribution < 1.29 is 19.1 Å². The largest absolute Gasteiger partial charge is 0.372 e. The zero-order chi connectivity index (χ0) is 18.7. The SMILES string of the molecule is CC1CN(C(=O)Cn2cc(NC(=O)[C@@H]3CC[C@H](CN)O3)cn2)CC(C)O1. The topological polar surface area (TPSA) is 112 Å². The fraction of sp³-hybridized carbons (Fsp3) is 0.706. The molecule has 2 amide bonds. The van der Waals surface area contributed by atoms with Gasteiger partial charge in [-0.2, -0.15) is 5.10 Å². The van der Waals surface area contributed by atoms with Crippen molar-refractivity contribution in [2.75, 3.05) is 25.0 Å². The molecule has 3 heterocycles. The first-order valence-electron chi connectivity index (χ1n) is 9.06. The van der Waals surface area contributed by atoms with Crippen molar-refractivity contribution in [2.45, 2.75) is 57.6 Å². The summed E-state index contributed by atoms with van der Waals surface area (Å²) in [5.74, 6) is -0.222. The van der Waals surface area contributed by atoms with E-state index in [9.17, 15) is 9.59 Å². The Morgan fingerprint density at radius 1 is 1.27 bits per heavy atom. The molecular weight excluding hydrogens is 338 g/mol. The van der Waals surface area contributed by atoms with Crippen LogP contribution >= 0.6 is 0 Å². The first-order chi connectivity index (χ1) is 12.4. The van der Waals surface area contributed by atoms with Gasteiger partial charge in [-0.25, -0.2) is 0 Å². The van der Waals surface area contributed by atoms with Crippen LogP contribution in [0.15, 0.2) is 12.4 Å². The maximum Gasteiger partial charge on any atom is 0.253 e. The normalized spacial score (nSPS) is 29.0. The van der Waals surface area contributed by atoms with Crippen molar-refractivity contribution >= 4 is 17.5 Å². The third-order valence-electron chi connectivity index (χ3n) is 4.63. The second-order valence-corrected chi connectivity index (χ2v) is 7.03. The average Bonchev–Trinajstić information content (AvgIpc) is 3.23. The Morgan fingerprint density at radius 2 is 2.00 bits per heavy atom. The van der Waals surface area contributed by atoms with Crippen LogP contribution in [-0.2, 0) is 25.6 Å². The number of morpholine rings is 1. The maximum atomic E-state index is 12.5. The number of rotatable bonds is 5. The summed E-state index contributed by atoms with van der Waals surface area (Å²) in [5, 5.41) is 6.95. The highest BCUT2D eigenvalue weighted by molar-refractivity contribution is 5.94. The monoisotopic (exact) mass is 365 g/mol. The smallest absolute Gasteiger partial charge is 0.253 e. The van der Waals surface area contributed by atoms with Gasteiger partial charge in [0.2, 0.25) is 5.91 Å². The molecule has 2 saturated heterocycles. The van der Waals surface area contributed by atoms with Crippen molar-refractivity contribution in [2.24, 2.45) is 5.73 Å². The summed E-state index contributed by atoms with van der Waals surface area (Å²) in [5.41, 5.74) is 6.11. The zero-order valence-corrected chi connectivity index (χ0v) is 15.3. The number of nitrogens with zero attached hydrogens (tertiary/aromatic N) is 3. The molecule has 9 nitrogen and oxygen atoms in total. The number of hydrogen-bond donors (Lipinski definition) is 2. The fourth-order valence-corrected chi connectivity index (χ4v) is 3.43. The van der Waals surface area contributed by atoms with Crippen molar-refractivity contribution in [1.82, 2.24) is 14.7 Å². The molecule has 3 N–H and O–H groups in total. The summed E-state index contributed by atoms with van der Waals surface area (Å²) in [7, 11) is 0. The summed E-state index contributed by atoms with van der Waals surface area (Å²) < 4.78 is 12.8. The van der Waals surface area contributed by atoms with Gasteiger partial charge in [0, 0.05) is 25.8 Å². The van der Waals surface area contributed by atoms with Crippen LogP contribution in [0, 0.1) is 0 Å². The minimum Gasteiger partial charge on any atom is -0.372 e. The fourth-order valence-electron chi connectivity index (χ4n) is 3.43. The maximum absolute atomic E-state index is 12.5. The molecule has 9 heteroatoms. The summed E-state index contributed by atoms with van der Waals surface area (Å²) in [6.45, 7) is 5.62. The standard InChI is InChI=1S/C17H27N5O4/c1-11-7-21(8-12(2)25-11)16(23)10-22-9-13(6-19-22)20-17(24)15-4-3-14(5-18)26-15/h6,9,11-12,14-15H,3-5,7-8,10,18H2,1-2H3,(H,20,24)/t11?,12?,14-,15+/m1/s1. The van der Waals surface area contributed by atoms with Crippen LogP contribution in [-0.4, -0.2) is 70.5 Å². The van der Waals surface area contributed by atoms with Crippen molar-refractivity contribution in [3.05, 3.63) is 12.4 Å². The number of ether oxygens (including phenoxy) is 2. The predicted octanol–water partition coefficient (Wildman–Crippen LogP) is -0.0363. The third-order valence-corrected chi connectivity index (χ3v) is 4.63. The van der Waals surface area contributed by atoms with Crippen molar-refractivity contribution in [3.8, 4) is 0 Å². The van der Waals surface area contributed by atoms with Crippen LogP contribution in [0.3, 0.4) is 0 Å². The Bertz CT molecular complexity index is 639. The van der Waals surface area contributed by atoms with Gasteiger partial charge in [0.05, 0.1) is 30.2 Å². The Labute approximate surface area is 152 Å². The van der Waals surface area contributed by atoms with E-state index in [0.29, 0.717) is 31.7 Å². The molecule has 2 fully saturated rings. The lowest BCUT2D eigenvalue weighted by Gasteiger charge is -2.35. The van der Waals surface area contributed by atoms with Crippen LogP contribution in [0.1, 0.15) is 26.7 Å². The Hall–Kier alpha value is -1.97. The second kappa shape index (κ2) is 8.15. The van der Waals surface area contributed by atoms with Gasteiger partial charge in [0.15, 0.2) is 0 Å². The first-order valence-corrected chi connectivity index (χ1v) is 9.06. The van der Waals surface area contributed by atoms with Gasteiger partial charge >= 0.3 is 0 Å². The zero-order valence-electron chi connectivity index (χ0n) is 15.3. The average molecular weight is 365 g/mol. The highest BCUT2D eigenvalue weighted by Gasteiger charge is 2.30. The van der Waals surface area contributed by atoms with E-state index in [1.807, 2.05) is 13.8 Å². The Kier molecular flexibility index (Phi) is 5.90. The predicted molar refractivity (Wildman–Crippen MR) is 94.4 cm³/mol. The van der Waals surface area contributed by atoms with Gasteiger partial charge in [-0.15, -0.1) is 0 Å². The summed E-state index contributed by atoms with van der Waals surface area (Å²) in [6.07, 6.45) is 4.16. The highest BCUT2D eigenvalue weighted by atomic mass is 16.5. The van der Waals surface area contributed by atoms with Crippen LogP contribution in [0.25, 0.3) is 0 Å². The molecule has 0 aromatic carbocycles. The molecule has 4 atom stereocenters. The van der Waals surface area contributed by atoms with Gasteiger partial charge in [0.25, 0.3) is 5.91 Å². The lowest BCUT2D eigenvalue weighted by molar-refractivity contribution is -0.144. The molecule has 0 radical (unpaired) electrons. The number of anilines is 1. The minimum absolute atomic E-state index is 0.0158. The molecule has 0 spiro atoms. The van der Waals surface area contributed by atoms with Gasteiger partial charge in [0.1, 0.15) is 12.6 Å². The van der Waals surface area contributed by atoms with Crippen LogP contribution in [0.4, 0.5) is 5.69 Å². The molecule has 1 aromatic heterocycles. The van der Waals surface area contributed by atoms with E-state index in [1.54, 1.807) is 11.1 Å². The number of carbonyl (C=O) groups excluding carboxylic acids is 2. The number of amides is 2. The molecule has 2 unspecified atom stereocenters. The number of nitrogens with two attached hydrogens (primary N) is 1. The molecule has 26 heavy (non-hydrogen) atoms. The third kappa shape index (κ3) is 4.60. The number of carbonyl (C=O) groups is 2. The second-order valence-electron chi connectivity index (χ2n) is 7.03. The molecular formula is C17H27N5O4. The van der Waals surface area contributed by atoms with Crippen molar-refractivity contribution in [3.63, 3.8) is 0 Å². The molecule has 3 rings (SSSR count). The molecule has 2 aliphatic rings. The minimum atomic E-state index is -0.482. The van der Waals surface area contributed by atoms with E-state index in [2.05, 4.69) is 10.4 Å². The lowest BCUT2D eigenvalue weighted by Crippen LogP contribution is -2.49. The van der Waals surface area contributed by atoms with E-state index in [-0.39, 0.29) is 36.7 Å². The molecule has 0 saturated carbocycles. The van der Waals surface area contributed by atoms with Crippen LogP contribution in [0.2, 0.25) is 0 Å². The molecule has 144 valence electrons. The van der Waals surface area contributed by atoms with E-state index in [0.717, 1.165) is 6.42 Å². The number of nitrogens with one attached hydrogen (secondary N) is 1. The molecule has 2 aliphatic heterocycles. The summed E-state index contributed by atoms with van der Waals surface area (Å²) >= 11 is 0. The van der Waals surface area contributed by atoms with Gasteiger partial charge in [-0.1, -0.05) is 0 Å². The van der Waals surface area contributed by atoms with Crippen LogP contribution in [0.5, 0.6) is 0 Å². The molecule has 1 aromatic rings. The highest BCUT2D eigenvalue weighted by Crippen LogP contribution is 2.20. The molecule has 0 bridgehead atoms. The van der Waals surface area contributed by atoms with E-state index < -0.39 is 6.10 Å². The Morgan fingerprint density at radius 3 is 2.65 bits per heavy atom.